The monoisotopic (exact) mass is 461 g/mol. The molecule has 1 amide bonds. The van der Waals surface area contributed by atoms with E-state index in [9.17, 15) is 22.8 Å². The lowest BCUT2D eigenvalue weighted by Crippen LogP contribution is -2.33. The second-order valence-corrected chi connectivity index (χ2v) is 7.23. The fraction of sp³-hybridized carbons (Fsp3) is 0.261. The van der Waals surface area contributed by atoms with Crippen molar-refractivity contribution in [3.05, 3.63) is 81.3 Å². The van der Waals surface area contributed by atoms with E-state index in [0.717, 1.165) is 16.8 Å². The average molecular weight is 461 g/mol. The Hall–Kier alpha value is -3.82. The zero-order valence-electron chi connectivity index (χ0n) is 18.4. The van der Waals surface area contributed by atoms with Crippen LogP contribution >= 0.6 is 0 Å². The first-order valence-electron chi connectivity index (χ1n) is 9.87. The van der Waals surface area contributed by atoms with Crippen LogP contribution in [0.25, 0.3) is 5.69 Å². The molecule has 0 bridgehead atoms. The van der Waals surface area contributed by atoms with E-state index in [1.165, 1.54) is 39.3 Å². The highest BCUT2D eigenvalue weighted by molar-refractivity contribution is 5.92. The van der Waals surface area contributed by atoms with Crippen molar-refractivity contribution in [2.75, 3.05) is 14.2 Å². The summed E-state index contributed by atoms with van der Waals surface area (Å²) in [5, 5.41) is 6.62. The third-order valence-corrected chi connectivity index (χ3v) is 5.02. The van der Waals surface area contributed by atoms with E-state index in [1.54, 1.807) is 25.1 Å². The molecular formula is C23H22F3N3O4. The van der Waals surface area contributed by atoms with Gasteiger partial charge in [0.25, 0.3) is 5.91 Å². The first-order chi connectivity index (χ1) is 15.6. The van der Waals surface area contributed by atoms with Gasteiger partial charge in [-0.25, -0.2) is 4.68 Å². The van der Waals surface area contributed by atoms with Crippen molar-refractivity contribution in [2.45, 2.75) is 26.1 Å². The molecule has 0 radical (unpaired) electrons. The maximum absolute atomic E-state index is 13.5. The van der Waals surface area contributed by atoms with Crippen molar-refractivity contribution in [3.8, 4) is 17.2 Å². The highest BCUT2D eigenvalue weighted by Gasteiger charge is 2.34. The Balaban J connectivity index is 1.97. The van der Waals surface area contributed by atoms with Crippen LogP contribution in [0.5, 0.6) is 11.5 Å². The lowest BCUT2D eigenvalue weighted by Gasteiger charge is -2.18. The van der Waals surface area contributed by atoms with Gasteiger partial charge < -0.3 is 14.8 Å². The van der Waals surface area contributed by atoms with Gasteiger partial charge in [-0.1, -0.05) is 18.2 Å². The molecule has 3 aromatic rings. The number of ether oxygens (including phenoxy) is 2. The van der Waals surface area contributed by atoms with E-state index in [0.29, 0.717) is 17.1 Å². The number of carbonyl (C=O) groups is 1. The molecule has 2 aromatic carbocycles. The van der Waals surface area contributed by atoms with Gasteiger partial charge in [0.15, 0.2) is 17.2 Å². The van der Waals surface area contributed by atoms with Gasteiger partial charge in [0.1, 0.15) is 0 Å². The van der Waals surface area contributed by atoms with Crippen molar-refractivity contribution in [3.63, 3.8) is 0 Å². The Bertz CT molecular complexity index is 1240. The molecule has 1 aromatic heterocycles. The zero-order chi connectivity index (χ0) is 24.3. The SMILES string of the molecule is COc1ccc(C(C)NC(=O)c2nn(-c3ccccc3C(F)(F)F)c(C)cc2=O)cc1OC. The highest BCUT2D eigenvalue weighted by atomic mass is 19.4. The van der Waals surface area contributed by atoms with E-state index in [4.69, 9.17) is 9.47 Å². The fourth-order valence-corrected chi connectivity index (χ4v) is 3.32. The maximum atomic E-state index is 13.5. The van der Waals surface area contributed by atoms with Gasteiger partial charge in [0, 0.05) is 11.8 Å². The predicted octanol–water partition coefficient (Wildman–Crippen LogP) is 4.07. The van der Waals surface area contributed by atoms with Gasteiger partial charge >= 0.3 is 6.18 Å². The van der Waals surface area contributed by atoms with Crippen LogP contribution in [-0.2, 0) is 6.18 Å². The summed E-state index contributed by atoms with van der Waals surface area (Å²) < 4.78 is 51.8. The molecule has 33 heavy (non-hydrogen) atoms. The number of aryl methyl sites for hydroxylation is 1. The van der Waals surface area contributed by atoms with Gasteiger partial charge in [0.2, 0.25) is 5.43 Å². The number of aromatic nitrogens is 2. The molecule has 1 atom stereocenters. The van der Waals surface area contributed by atoms with Crippen LogP contribution < -0.4 is 20.2 Å². The van der Waals surface area contributed by atoms with Crippen molar-refractivity contribution < 1.29 is 27.4 Å². The Morgan fingerprint density at radius 3 is 2.36 bits per heavy atom. The molecule has 1 N–H and O–H groups in total. The number of nitrogens with zero attached hydrogens (tertiary/aromatic N) is 2. The van der Waals surface area contributed by atoms with Crippen molar-refractivity contribution in [1.29, 1.82) is 0 Å². The van der Waals surface area contributed by atoms with Crippen molar-refractivity contribution >= 4 is 5.91 Å². The van der Waals surface area contributed by atoms with Gasteiger partial charge in [-0.05, 0) is 43.7 Å². The van der Waals surface area contributed by atoms with Crippen LogP contribution in [0.2, 0.25) is 0 Å². The molecule has 0 aliphatic heterocycles. The minimum atomic E-state index is -4.64. The number of carbonyl (C=O) groups excluding carboxylic acids is 1. The predicted molar refractivity (Wildman–Crippen MR) is 115 cm³/mol. The minimum absolute atomic E-state index is 0.154. The van der Waals surface area contributed by atoms with Gasteiger partial charge in [-0.15, -0.1) is 0 Å². The number of hydrogen-bond donors (Lipinski definition) is 1. The summed E-state index contributed by atoms with van der Waals surface area (Å²) in [6.07, 6.45) is -4.64. The third-order valence-electron chi connectivity index (χ3n) is 5.02. The van der Waals surface area contributed by atoms with Crippen LogP contribution in [-0.4, -0.2) is 29.9 Å². The summed E-state index contributed by atoms with van der Waals surface area (Å²) in [6, 6.07) is 10.4. The molecule has 0 saturated heterocycles. The standard InChI is InChI=1S/C23H22F3N3O4/c1-13-11-18(30)21(28-29(13)17-8-6-5-7-16(17)23(24,25)26)22(31)27-14(2)15-9-10-19(32-3)20(12-15)33-4/h5-12,14H,1-4H3,(H,27,31). The molecule has 0 aliphatic rings. The van der Waals surface area contributed by atoms with Gasteiger partial charge in [-0.3, -0.25) is 9.59 Å². The Morgan fingerprint density at radius 1 is 1.06 bits per heavy atom. The Kier molecular flexibility index (Phi) is 6.75. The van der Waals surface area contributed by atoms with E-state index in [2.05, 4.69) is 10.4 Å². The zero-order valence-corrected chi connectivity index (χ0v) is 18.4. The summed E-state index contributed by atoms with van der Waals surface area (Å²) in [5.74, 6) is 0.141. The minimum Gasteiger partial charge on any atom is -0.493 e. The number of amides is 1. The van der Waals surface area contributed by atoms with Crippen LogP contribution in [0, 0.1) is 6.92 Å². The number of halogens is 3. The van der Waals surface area contributed by atoms with E-state index in [-0.39, 0.29) is 11.4 Å². The second kappa shape index (κ2) is 9.35. The van der Waals surface area contributed by atoms with E-state index in [1.807, 2.05) is 0 Å². The number of para-hydroxylation sites is 1. The van der Waals surface area contributed by atoms with Gasteiger partial charge in [0.05, 0.1) is 31.5 Å². The number of methoxy groups -OCH3 is 2. The molecule has 174 valence electrons. The van der Waals surface area contributed by atoms with Crippen molar-refractivity contribution in [1.82, 2.24) is 15.1 Å². The summed E-state index contributed by atoms with van der Waals surface area (Å²) in [7, 11) is 2.97. The third kappa shape index (κ3) is 5.00. The number of nitrogens with one attached hydrogen (secondary N) is 1. The average Bonchev–Trinajstić information content (AvgIpc) is 2.77. The molecule has 1 heterocycles. The molecule has 10 heteroatoms. The van der Waals surface area contributed by atoms with E-state index >= 15 is 0 Å². The molecular weight excluding hydrogens is 439 g/mol. The van der Waals surface area contributed by atoms with Crippen LogP contribution in [0.15, 0.2) is 53.3 Å². The number of hydrogen-bond acceptors (Lipinski definition) is 5. The molecule has 0 aliphatic carbocycles. The van der Waals surface area contributed by atoms with Crippen molar-refractivity contribution in [2.24, 2.45) is 0 Å². The number of benzene rings is 2. The number of rotatable bonds is 6. The summed E-state index contributed by atoms with van der Waals surface area (Å²) >= 11 is 0. The second-order valence-electron chi connectivity index (χ2n) is 7.23. The molecule has 0 saturated carbocycles. The largest absolute Gasteiger partial charge is 0.493 e. The molecule has 1 unspecified atom stereocenters. The first kappa shape index (κ1) is 23.8. The Morgan fingerprint density at radius 2 is 1.73 bits per heavy atom. The molecule has 0 fully saturated rings. The van der Waals surface area contributed by atoms with Crippen LogP contribution in [0.1, 0.15) is 40.3 Å². The lowest BCUT2D eigenvalue weighted by atomic mass is 10.1. The lowest BCUT2D eigenvalue weighted by molar-refractivity contribution is -0.137. The maximum Gasteiger partial charge on any atom is 0.418 e. The summed E-state index contributed by atoms with van der Waals surface area (Å²) in [5.41, 5.74) is -1.63. The molecule has 3 rings (SSSR count). The normalized spacial score (nSPS) is 12.2. The summed E-state index contributed by atoms with van der Waals surface area (Å²) in [6.45, 7) is 3.13. The van der Waals surface area contributed by atoms with Crippen LogP contribution in [0.4, 0.5) is 13.2 Å². The quantitative estimate of drug-likeness (QED) is 0.599. The topological polar surface area (TPSA) is 82.5 Å². The molecule has 0 spiro atoms. The summed E-state index contributed by atoms with van der Waals surface area (Å²) in [4.78, 5) is 25.3. The van der Waals surface area contributed by atoms with E-state index < -0.39 is 34.8 Å². The fourth-order valence-electron chi connectivity index (χ4n) is 3.32. The van der Waals surface area contributed by atoms with Crippen LogP contribution in [0.3, 0.4) is 0 Å². The number of alkyl halides is 3. The highest BCUT2D eigenvalue weighted by Crippen LogP contribution is 2.34. The Labute approximate surface area is 187 Å². The smallest absolute Gasteiger partial charge is 0.418 e. The van der Waals surface area contributed by atoms with Gasteiger partial charge in [-0.2, -0.15) is 18.3 Å². The molecule has 7 nitrogen and oxygen atoms in total. The first-order valence-corrected chi connectivity index (χ1v) is 9.87.